The fraction of sp³-hybridized carbons (Fsp3) is 0.429. The van der Waals surface area contributed by atoms with Gasteiger partial charge in [-0.15, -0.1) is 0 Å². The highest BCUT2D eigenvalue weighted by molar-refractivity contribution is 5.72. The van der Waals surface area contributed by atoms with Crippen LogP contribution in [0.15, 0.2) is 18.2 Å². The van der Waals surface area contributed by atoms with Crippen molar-refractivity contribution in [3.05, 3.63) is 29.3 Å². The molecule has 0 bridgehead atoms. The molecule has 0 spiro atoms. The summed E-state index contributed by atoms with van der Waals surface area (Å²) in [5.74, 6) is -1.49. The van der Waals surface area contributed by atoms with Gasteiger partial charge in [-0.1, -0.05) is 0 Å². The van der Waals surface area contributed by atoms with E-state index in [0.717, 1.165) is 12.1 Å². The van der Waals surface area contributed by atoms with Crippen molar-refractivity contribution in [3.8, 4) is 6.07 Å². The molecule has 1 fully saturated rings. The maximum absolute atomic E-state index is 12.6. The number of rotatable bonds is 2. The highest BCUT2D eigenvalue weighted by atomic mass is 19.4. The first-order valence-electron chi connectivity index (χ1n) is 6.42. The third kappa shape index (κ3) is 3.27. The van der Waals surface area contributed by atoms with Crippen LogP contribution in [0, 0.1) is 17.2 Å². The molecule has 1 aromatic carbocycles. The van der Waals surface area contributed by atoms with E-state index in [4.69, 9.17) is 10.4 Å². The lowest BCUT2D eigenvalue weighted by Crippen LogP contribution is -2.39. The molecule has 1 unspecified atom stereocenters. The first kappa shape index (κ1) is 15.2. The van der Waals surface area contributed by atoms with E-state index in [-0.39, 0.29) is 12.1 Å². The number of nitriles is 1. The summed E-state index contributed by atoms with van der Waals surface area (Å²) < 4.78 is 37.9. The summed E-state index contributed by atoms with van der Waals surface area (Å²) in [4.78, 5) is 12.7. The minimum atomic E-state index is -4.50. The molecule has 1 atom stereocenters. The van der Waals surface area contributed by atoms with Gasteiger partial charge in [0.1, 0.15) is 6.07 Å². The molecule has 7 heteroatoms. The molecule has 0 aromatic heterocycles. The normalized spacial score (nSPS) is 19.1. The van der Waals surface area contributed by atoms with E-state index in [0.29, 0.717) is 25.1 Å². The Hall–Kier alpha value is -2.23. The van der Waals surface area contributed by atoms with Gasteiger partial charge >= 0.3 is 12.1 Å². The minimum absolute atomic E-state index is 0.0872. The highest BCUT2D eigenvalue weighted by Gasteiger charge is 2.32. The molecule has 1 aliphatic heterocycles. The maximum atomic E-state index is 12.6. The smallest absolute Gasteiger partial charge is 0.416 e. The van der Waals surface area contributed by atoms with Crippen LogP contribution in [0.2, 0.25) is 0 Å². The summed E-state index contributed by atoms with van der Waals surface area (Å²) in [7, 11) is 0. The predicted molar refractivity (Wildman–Crippen MR) is 68.7 cm³/mol. The van der Waals surface area contributed by atoms with E-state index in [2.05, 4.69) is 0 Å². The Morgan fingerprint density at radius 1 is 1.43 bits per heavy atom. The van der Waals surface area contributed by atoms with Crippen molar-refractivity contribution in [1.82, 2.24) is 0 Å². The Balaban J connectivity index is 2.32. The molecule has 0 amide bonds. The van der Waals surface area contributed by atoms with Gasteiger partial charge in [0.05, 0.1) is 22.7 Å². The quantitative estimate of drug-likeness (QED) is 0.912. The second-order valence-electron chi connectivity index (χ2n) is 4.96. The number of aliphatic carboxylic acids is 1. The minimum Gasteiger partial charge on any atom is -0.481 e. The van der Waals surface area contributed by atoms with Crippen molar-refractivity contribution < 1.29 is 23.1 Å². The van der Waals surface area contributed by atoms with Gasteiger partial charge in [-0.3, -0.25) is 4.79 Å². The zero-order valence-corrected chi connectivity index (χ0v) is 11.0. The molecule has 0 aliphatic carbocycles. The number of benzene rings is 1. The van der Waals surface area contributed by atoms with Gasteiger partial charge in [0.15, 0.2) is 0 Å². The fourth-order valence-electron chi connectivity index (χ4n) is 2.48. The van der Waals surface area contributed by atoms with Crippen molar-refractivity contribution in [2.75, 3.05) is 18.0 Å². The monoisotopic (exact) mass is 298 g/mol. The number of hydrogen-bond acceptors (Lipinski definition) is 3. The summed E-state index contributed by atoms with van der Waals surface area (Å²) in [6.07, 6.45) is -3.34. The summed E-state index contributed by atoms with van der Waals surface area (Å²) >= 11 is 0. The van der Waals surface area contributed by atoms with Crippen molar-refractivity contribution in [1.29, 1.82) is 5.26 Å². The van der Waals surface area contributed by atoms with Crippen molar-refractivity contribution in [2.45, 2.75) is 19.0 Å². The number of anilines is 1. The van der Waals surface area contributed by atoms with Crippen molar-refractivity contribution in [3.63, 3.8) is 0 Å². The lowest BCUT2D eigenvalue weighted by molar-refractivity contribution is -0.142. The van der Waals surface area contributed by atoms with Gasteiger partial charge < -0.3 is 10.0 Å². The summed E-state index contributed by atoms with van der Waals surface area (Å²) in [5, 5.41) is 18.1. The molecule has 21 heavy (non-hydrogen) atoms. The third-order valence-electron chi connectivity index (χ3n) is 3.56. The van der Waals surface area contributed by atoms with Gasteiger partial charge in [0.2, 0.25) is 0 Å². The Bertz CT molecular complexity index is 593. The number of hydrogen-bond donors (Lipinski definition) is 1. The molecule has 1 aliphatic rings. The SMILES string of the molecule is N#Cc1cc(C(F)(F)F)ccc1N1CCCC(C(=O)O)C1. The number of carbonyl (C=O) groups is 1. The standard InChI is InChI=1S/C14H13F3N2O2/c15-14(16,17)11-3-4-12(10(6-11)7-18)19-5-1-2-9(8-19)13(20)21/h3-4,6,9H,1-2,5,8H2,(H,20,21). The number of halogens is 3. The van der Waals surface area contributed by atoms with Gasteiger partial charge in [0.25, 0.3) is 0 Å². The number of piperidine rings is 1. The van der Waals surface area contributed by atoms with E-state index < -0.39 is 23.6 Å². The van der Waals surface area contributed by atoms with E-state index in [1.807, 2.05) is 0 Å². The van der Waals surface area contributed by atoms with Crippen molar-refractivity contribution in [2.24, 2.45) is 5.92 Å². The van der Waals surface area contributed by atoms with Crippen LogP contribution in [-0.4, -0.2) is 24.2 Å². The second kappa shape index (κ2) is 5.64. The highest BCUT2D eigenvalue weighted by Crippen LogP contribution is 2.33. The molecule has 0 radical (unpaired) electrons. The lowest BCUT2D eigenvalue weighted by atomic mass is 9.96. The number of nitrogens with zero attached hydrogens (tertiary/aromatic N) is 2. The topological polar surface area (TPSA) is 64.3 Å². The zero-order chi connectivity index (χ0) is 15.6. The van der Waals surface area contributed by atoms with Crippen LogP contribution in [0.3, 0.4) is 0 Å². The molecule has 4 nitrogen and oxygen atoms in total. The Kier molecular flexibility index (Phi) is 4.07. The summed E-state index contributed by atoms with van der Waals surface area (Å²) in [6, 6.07) is 4.72. The molecule has 1 N–H and O–H groups in total. The van der Waals surface area contributed by atoms with Crippen molar-refractivity contribution >= 4 is 11.7 Å². The van der Waals surface area contributed by atoms with Gasteiger partial charge in [-0.05, 0) is 31.0 Å². The molecular formula is C14H13F3N2O2. The lowest BCUT2D eigenvalue weighted by Gasteiger charge is -2.33. The Morgan fingerprint density at radius 3 is 2.71 bits per heavy atom. The molecular weight excluding hydrogens is 285 g/mol. The molecule has 1 aromatic rings. The van der Waals surface area contributed by atoms with Crippen LogP contribution in [-0.2, 0) is 11.0 Å². The van der Waals surface area contributed by atoms with Crippen LogP contribution < -0.4 is 4.90 Å². The van der Waals surface area contributed by atoms with Crippen LogP contribution >= 0.6 is 0 Å². The van der Waals surface area contributed by atoms with Gasteiger partial charge in [0, 0.05) is 13.1 Å². The van der Waals surface area contributed by atoms with Crippen LogP contribution in [0.5, 0.6) is 0 Å². The zero-order valence-electron chi connectivity index (χ0n) is 11.0. The largest absolute Gasteiger partial charge is 0.481 e. The average Bonchev–Trinajstić information content (AvgIpc) is 2.45. The Morgan fingerprint density at radius 2 is 2.14 bits per heavy atom. The van der Waals surface area contributed by atoms with Gasteiger partial charge in [-0.25, -0.2) is 0 Å². The number of carboxylic acids is 1. The van der Waals surface area contributed by atoms with E-state index in [1.165, 1.54) is 6.07 Å². The third-order valence-corrected chi connectivity index (χ3v) is 3.56. The summed E-state index contributed by atoms with van der Waals surface area (Å²) in [5.41, 5.74) is -0.609. The Labute approximate surface area is 119 Å². The van der Waals surface area contributed by atoms with E-state index in [9.17, 15) is 18.0 Å². The molecule has 112 valence electrons. The van der Waals surface area contributed by atoms with Gasteiger partial charge in [-0.2, -0.15) is 18.4 Å². The van der Waals surface area contributed by atoms with Crippen LogP contribution in [0.25, 0.3) is 0 Å². The molecule has 0 saturated carbocycles. The summed E-state index contributed by atoms with van der Waals surface area (Å²) in [6.45, 7) is 0.735. The first-order chi connectivity index (χ1) is 9.82. The average molecular weight is 298 g/mol. The predicted octanol–water partition coefficient (Wildman–Crippen LogP) is 2.88. The second-order valence-corrected chi connectivity index (χ2v) is 4.96. The first-order valence-corrected chi connectivity index (χ1v) is 6.42. The van der Waals surface area contributed by atoms with Crippen LogP contribution in [0.4, 0.5) is 18.9 Å². The fourth-order valence-corrected chi connectivity index (χ4v) is 2.48. The molecule has 1 heterocycles. The molecule has 2 rings (SSSR count). The molecule has 1 saturated heterocycles. The number of carboxylic acid groups (broad SMARTS) is 1. The van der Waals surface area contributed by atoms with Crippen LogP contribution in [0.1, 0.15) is 24.0 Å². The maximum Gasteiger partial charge on any atom is 0.416 e. The number of alkyl halides is 3. The van der Waals surface area contributed by atoms with E-state index >= 15 is 0 Å². The van der Waals surface area contributed by atoms with E-state index in [1.54, 1.807) is 11.0 Å².